The van der Waals surface area contributed by atoms with Gasteiger partial charge < -0.3 is 0 Å². The van der Waals surface area contributed by atoms with Gasteiger partial charge in [-0.05, 0) is 42.7 Å². The topological polar surface area (TPSA) is 30.0 Å². The number of aryl methyl sites for hydroxylation is 2. The van der Waals surface area contributed by atoms with Crippen molar-refractivity contribution in [1.82, 2.24) is 4.98 Å². The summed E-state index contributed by atoms with van der Waals surface area (Å²) in [5, 5.41) is 0.677. The Morgan fingerprint density at radius 2 is 1.89 bits per heavy atom. The van der Waals surface area contributed by atoms with E-state index in [1.54, 1.807) is 18.3 Å². The number of hydrogen-bond acceptors (Lipinski definition) is 2. The molecule has 0 N–H and O–H groups in total. The van der Waals surface area contributed by atoms with Crippen LogP contribution in [0.4, 0.5) is 0 Å². The Kier molecular flexibility index (Phi) is 3.78. The standard InChI is InChI=1S/C15H14ClNO/c1-10-7-11(2)15(17-9-10)14(18)8-12-3-5-13(16)6-4-12/h3-7,9H,8H2,1-2H3. The van der Waals surface area contributed by atoms with Crippen molar-refractivity contribution in [2.24, 2.45) is 0 Å². The smallest absolute Gasteiger partial charge is 0.185 e. The lowest BCUT2D eigenvalue weighted by Crippen LogP contribution is -2.08. The van der Waals surface area contributed by atoms with E-state index in [1.165, 1.54) is 0 Å². The number of pyridine rings is 1. The second kappa shape index (κ2) is 5.32. The molecule has 2 nitrogen and oxygen atoms in total. The molecule has 0 spiro atoms. The van der Waals surface area contributed by atoms with Gasteiger partial charge in [0.1, 0.15) is 5.69 Å². The molecule has 2 aromatic rings. The molecule has 18 heavy (non-hydrogen) atoms. The van der Waals surface area contributed by atoms with E-state index in [1.807, 2.05) is 32.0 Å². The fraction of sp³-hybridized carbons (Fsp3) is 0.200. The van der Waals surface area contributed by atoms with Crippen molar-refractivity contribution in [1.29, 1.82) is 0 Å². The van der Waals surface area contributed by atoms with Crippen LogP contribution in [0, 0.1) is 13.8 Å². The molecule has 92 valence electrons. The number of benzene rings is 1. The highest BCUT2D eigenvalue weighted by molar-refractivity contribution is 6.30. The maximum absolute atomic E-state index is 12.1. The van der Waals surface area contributed by atoms with Crippen LogP contribution in [0.5, 0.6) is 0 Å². The molecule has 3 heteroatoms. The van der Waals surface area contributed by atoms with Gasteiger partial charge in [-0.15, -0.1) is 0 Å². The van der Waals surface area contributed by atoms with Crippen LogP contribution in [0.3, 0.4) is 0 Å². The van der Waals surface area contributed by atoms with Gasteiger partial charge in [0.15, 0.2) is 5.78 Å². The molecule has 0 bridgehead atoms. The van der Waals surface area contributed by atoms with Crippen LogP contribution in [-0.2, 0) is 6.42 Å². The molecule has 0 atom stereocenters. The Balaban J connectivity index is 2.19. The van der Waals surface area contributed by atoms with Crippen LogP contribution in [0.1, 0.15) is 27.2 Å². The minimum absolute atomic E-state index is 0.0369. The van der Waals surface area contributed by atoms with Gasteiger partial charge >= 0.3 is 0 Å². The lowest BCUT2D eigenvalue weighted by atomic mass is 10.0. The monoisotopic (exact) mass is 259 g/mol. The first kappa shape index (κ1) is 12.8. The molecule has 1 aromatic heterocycles. The number of nitrogens with zero attached hydrogens (tertiary/aromatic N) is 1. The lowest BCUT2D eigenvalue weighted by molar-refractivity contribution is 0.0987. The predicted molar refractivity (Wildman–Crippen MR) is 73.2 cm³/mol. The SMILES string of the molecule is Cc1cnc(C(=O)Cc2ccc(Cl)cc2)c(C)c1. The molecule has 1 aromatic carbocycles. The van der Waals surface area contributed by atoms with Crippen LogP contribution in [0.2, 0.25) is 5.02 Å². The molecule has 0 aliphatic rings. The van der Waals surface area contributed by atoms with Gasteiger partial charge in [-0.25, -0.2) is 0 Å². The Labute approximate surface area is 112 Å². The molecule has 0 saturated carbocycles. The maximum Gasteiger partial charge on any atom is 0.185 e. The first-order valence-electron chi connectivity index (χ1n) is 5.77. The normalized spacial score (nSPS) is 10.4. The Bertz CT molecular complexity index is 576. The molecular weight excluding hydrogens is 246 g/mol. The van der Waals surface area contributed by atoms with Crippen LogP contribution in [0.25, 0.3) is 0 Å². The highest BCUT2D eigenvalue weighted by Crippen LogP contribution is 2.13. The number of ketones is 1. The van der Waals surface area contributed by atoms with Crippen molar-refractivity contribution in [3.63, 3.8) is 0 Å². The fourth-order valence-electron chi connectivity index (χ4n) is 1.88. The molecule has 0 fully saturated rings. The van der Waals surface area contributed by atoms with Gasteiger partial charge in [-0.1, -0.05) is 29.8 Å². The van der Waals surface area contributed by atoms with Crippen molar-refractivity contribution >= 4 is 17.4 Å². The first-order chi connectivity index (χ1) is 8.56. The van der Waals surface area contributed by atoms with Crippen molar-refractivity contribution in [2.45, 2.75) is 20.3 Å². The summed E-state index contributed by atoms with van der Waals surface area (Å²) >= 11 is 5.81. The number of rotatable bonds is 3. The van der Waals surface area contributed by atoms with E-state index >= 15 is 0 Å². The third kappa shape index (κ3) is 2.96. The van der Waals surface area contributed by atoms with Gasteiger partial charge in [0.25, 0.3) is 0 Å². The quantitative estimate of drug-likeness (QED) is 0.786. The van der Waals surface area contributed by atoms with Crippen molar-refractivity contribution in [3.05, 3.63) is 63.9 Å². The van der Waals surface area contributed by atoms with Crippen molar-refractivity contribution < 1.29 is 4.79 Å². The van der Waals surface area contributed by atoms with Crippen LogP contribution < -0.4 is 0 Å². The van der Waals surface area contributed by atoms with E-state index in [4.69, 9.17) is 11.6 Å². The summed E-state index contributed by atoms with van der Waals surface area (Å²) in [4.78, 5) is 16.4. The van der Waals surface area contributed by atoms with Gasteiger partial charge in [0.05, 0.1) is 0 Å². The molecule has 0 aliphatic heterocycles. The summed E-state index contributed by atoms with van der Waals surface area (Å²) in [7, 11) is 0. The fourth-order valence-corrected chi connectivity index (χ4v) is 2.00. The minimum Gasteiger partial charge on any atom is -0.292 e. The van der Waals surface area contributed by atoms with E-state index in [-0.39, 0.29) is 5.78 Å². The van der Waals surface area contributed by atoms with Gasteiger partial charge in [0, 0.05) is 17.6 Å². The molecule has 2 rings (SSSR count). The van der Waals surface area contributed by atoms with E-state index in [0.29, 0.717) is 17.1 Å². The highest BCUT2D eigenvalue weighted by Gasteiger charge is 2.11. The Morgan fingerprint density at radius 3 is 2.50 bits per heavy atom. The summed E-state index contributed by atoms with van der Waals surface area (Å²) in [5.41, 5.74) is 3.49. The lowest BCUT2D eigenvalue weighted by Gasteiger charge is -2.05. The number of Topliss-reactive ketones (excluding diaryl/α,β-unsaturated/α-hetero) is 1. The van der Waals surface area contributed by atoms with Crippen molar-refractivity contribution in [3.8, 4) is 0 Å². The Hall–Kier alpha value is -1.67. The maximum atomic E-state index is 12.1. The number of carbonyl (C=O) groups is 1. The summed E-state index contributed by atoms with van der Waals surface area (Å²) in [5.74, 6) is 0.0369. The molecule has 0 radical (unpaired) electrons. The van der Waals surface area contributed by atoms with E-state index < -0.39 is 0 Å². The zero-order valence-electron chi connectivity index (χ0n) is 10.4. The van der Waals surface area contributed by atoms with Crippen LogP contribution in [0.15, 0.2) is 36.5 Å². The van der Waals surface area contributed by atoms with Gasteiger partial charge in [0.2, 0.25) is 0 Å². The predicted octanol–water partition coefficient (Wildman–Crippen LogP) is 3.78. The average molecular weight is 260 g/mol. The first-order valence-corrected chi connectivity index (χ1v) is 6.15. The third-order valence-electron chi connectivity index (χ3n) is 2.76. The molecular formula is C15H14ClNO. The van der Waals surface area contributed by atoms with Gasteiger partial charge in [-0.3, -0.25) is 9.78 Å². The second-order valence-electron chi connectivity index (χ2n) is 4.40. The molecule has 0 unspecified atom stereocenters. The largest absolute Gasteiger partial charge is 0.292 e. The van der Waals surface area contributed by atoms with E-state index in [9.17, 15) is 4.79 Å². The summed E-state index contributed by atoms with van der Waals surface area (Å²) in [6.07, 6.45) is 2.08. The second-order valence-corrected chi connectivity index (χ2v) is 4.84. The Morgan fingerprint density at radius 1 is 1.22 bits per heavy atom. The number of hydrogen-bond donors (Lipinski definition) is 0. The van der Waals surface area contributed by atoms with Gasteiger partial charge in [-0.2, -0.15) is 0 Å². The minimum atomic E-state index is 0.0369. The number of carbonyl (C=O) groups excluding carboxylic acids is 1. The van der Waals surface area contributed by atoms with Crippen LogP contribution in [-0.4, -0.2) is 10.8 Å². The van der Waals surface area contributed by atoms with E-state index in [0.717, 1.165) is 16.7 Å². The summed E-state index contributed by atoms with van der Waals surface area (Å²) in [6.45, 7) is 3.88. The number of halogens is 1. The molecule has 1 heterocycles. The summed E-state index contributed by atoms with van der Waals surface area (Å²) in [6, 6.07) is 9.29. The number of aromatic nitrogens is 1. The van der Waals surface area contributed by atoms with E-state index in [2.05, 4.69) is 4.98 Å². The van der Waals surface area contributed by atoms with Crippen molar-refractivity contribution in [2.75, 3.05) is 0 Å². The zero-order chi connectivity index (χ0) is 13.1. The molecule has 0 saturated heterocycles. The third-order valence-corrected chi connectivity index (χ3v) is 3.01. The summed E-state index contributed by atoms with van der Waals surface area (Å²) < 4.78 is 0. The average Bonchev–Trinajstić information content (AvgIpc) is 2.32. The molecule has 0 amide bonds. The van der Waals surface area contributed by atoms with Crippen LogP contribution >= 0.6 is 11.6 Å². The zero-order valence-corrected chi connectivity index (χ0v) is 11.2. The highest BCUT2D eigenvalue weighted by atomic mass is 35.5. The molecule has 0 aliphatic carbocycles.